The fourth-order valence-electron chi connectivity index (χ4n) is 4.00. The van der Waals surface area contributed by atoms with Crippen LogP contribution >= 0.6 is 12.4 Å². The lowest BCUT2D eigenvalue weighted by atomic mass is 10.0. The number of aromatic nitrogens is 1. The Kier molecular flexibility index (Phi) is 7.17. The Labute approximate surface area is 192 Å². The summed E-state index contributed by atoms with van der Waals surface area (Å²) < 4.78 is 0. The SMILES string of the molecule is C=C(C(=O)N1CCN(c2ccc([N+](=O)[O-])cc2)CC1)c1ccc2[nH]cc(CCN)c2c1.Cl. The first-order valence-corrected chi connectivity index (χ1v) is 10.3. The van der Waals surface area contributed by atoms with Crippen molar-refractivity contribution >= 4 is 46.2 Å². The van der Waals surface area contributed by atoms with Crippen molar-refractivity contribution in [1.29, 1.82) is 0 Å². The first-order valence-electron chi connectivity index (χ1n) is 10.3. The Hall–Kier alpha value is -3.36. The van der Waals surface area contributed by atoms with Crippen molar-refractivity contribution in [2.75, 3.05) is 37.6 Å². The molecule has 1 fully saturated rings. The number of benzene rings is 2. The Morgan fingerprint density at radius 2 is 1.81 bits per heavy atom. The van der Waals surface area contributed by atoms with Gasteiger partial charge in [0.25, 0.3) is 11.6 Å². The lowest BCUT2D eigenvalue weighted by molar-refractivity contribution is -0.384. The van der Waals surface area contributed by atoms with E-state index in [1.165, 1.54) is 12.1 Å². The maximum Gasteiger partial charge on any atom is 0.269 e. The third-order valence-electron chi connectivity index (χ3n) is 5.78. The average molecular weight is 456 g/mol. The quantitative estimate of drug-likeness (QED) is 0.336. The summed E-state index contributed by atoms with van der Waals surface area (Å²) in [5.41, 5.74) is 10.1. The molecule has 3 aromatic rings. The Morgan fingerprint density at radius 3 is 2.44 bits per heavy atom. The predicted molar refractivity (Wildman–Crippen MR) is 129 cm³/mol. The second-order valence-corrected chi connectivity index (χ2v) is 7.64. The summed E-state index contributed by atoms with van der Waals surface area (Å²) in [4.78, 5) is 30.6. The van der Waals surface area contributed by atoms with Gasteiger partial charge in [0.2, 0.25) is 0 Å². The number of carbonyl (C=O) groups is 1. The van der Waals surface area contributed by atoms with Gasteiger partial charge >= 0.3 is 0 Å². The summed E-state index contributed by atoms with van der Waals surface area (Å²) >= 11 is 0. The molecule has 0 aliphatic carbocycles. The van der Waals surface area contributed by atoms with E-state index >= 15 is 0 Å². The highest BCUT2D eigenvalue weighted by Crippen LogP contribution is 2.26. The van der Waals surface area contributed by atoms with E-state index in [-0.39, 0.29) is 24.0 Å². The van der Waals surface area contributed by atoms with Crippen LogP contribution in [0.4, 0.5) is 11.4 Å². The van der Waals surface area contributed by atoms with Crippen molar-refractivity contribution < 1.29 is 9.72 Å². The van der Waals surface area contributed by atoms with E-state index in [2.05, 4.69) is 16.5 Å². The van der Waals surface area contributed by atoms with Gasteiger partial charge in [0.15, 0.2) is 0 Å². The summed E-state index contributed by atoms with van der Waals surface area (Å²) in [7, 11) is 0. The highest BCUT2D eigenvalue weighted by molar-refractivity contribution is 6.19. The molecule has 32 heavy (non-hydrogen) atoms. The van der Waals surface area contributed by atoms with Crippen LogP contribution in [0.25, 0.3) is 16.5 Å². The minimum absolute atomic E-state index is 0. The van der Waals surface area contributed by atoms with Crippen molar-refractivity contribution in [3.05, 3.63) is 76.5 Å². The number of rotatable bonds is 6. The van der Waals surface area contributed by atoms with Gasteiger partial charge in [-0.3, -0.25) is 14.9 Å². The Bertz CT molecular complexity index is 1130. The predicted octanol–water partition coefficient (Wildman–Crippen LogP) is 3.36. The number of non-ortho nitro benzene ring substituents is 1. The fraction of sp³-hybridized carbons (Fsp3) is 0.261. The molecule has 2 aromatic carbocycles. The summed E-state index contributed by atoms with van der Waals surface area (Å²) in [5.74, 6) is -0.0707. The normalized spacial score (nSPS) is 13.7. The van der Waals surface area contributed by atoms with E-state index in [9.17, 15) is 14.9 Å². The molecule has 0 unspecified atom stereocenters. The minimum atomic E-state index is -0.407. The van der Waals surface area contributed by atoms with Crippen LogP contribution in [0.1, 0.15) is 11.1 Å². The average Bonchev–Trinajstić information content (AvgIpc) is 3.20. The maximum atomic E-state index is 13.1. The third-order valence-corrected chi connectivity index (χ3v) is 5.78. The standard InChI is InChI=1S/C23H25N5O3.ClH/c1-16(17-2-7-22-21(14-17)18(8-9-24)15-25-22)23(29)27-12-10-26(11-13-27)19-3-5-20(6-4-19)28(30)31;/h2-7,14-15,25H,1,8-13,24H2;1H. The van der Waals surface area contributed by atoms with Gasteiger partial charge < -0.3 is 20.5 Å². The molecule has 3 N–H and O–H groups in total. The van der Waals surface area contributed by atoms with Crippen LogP contribution < -0.4 is 10.6 Å². The number of halogens is 1. The molecule has 1 saturated heterocycles. The lowest BCUT2D eigenvalue weighted by Gasteiger charge is -2.36. The first-order chi connectivity index (χ1) is 15.0. The van der Waals surface area contributed by atoms with Crippen LogP contribution in [0.15, 0.2) is 55.2 Å². The van der Waals surface area contributed by atoms with Crippen LogP contribution in [0.3, 0.4) is 0 Å². The summed E-state index contributed by atoms with van der Waals surface area (Å²) in [5, 5.41) is 11.9. The lowest BCUT2D eigenvalue weighted by Crippen LogP contribution is -2.48. The molecule has 1 amide bonds. The smallest absolute Gasteiger partial charge is 0.269 e. The zero-order valence-corrected chi connectivity index (χ0v) is 18.4. The van der Waals surface area contributed by atoms with Gasteiger partial charge in [0.1, 0.15) is 0 Å². The number of anilines is 1. The topological polar surface area (TPSA) is 108 Å². The van der Waals surface area contributed by atoms with E-state index < -0.39 is 4.92 Å². The number of aromatic amines is 1. The van der Waals surface area contributed by atoms with Crippen molar-refractivity contribution in [2.45, 2.75) is 6.42 Å². The number of nitrogens with zero attached hydrogens (tertiary/aromatic N) is 3. The summed E-state index contributed by atoms with van der Waals surface area (Å²) in [6.45, 7) is 7.09. The van der Waals surface area contributed by atoms with Crippen LogP contribution in [0.5, 0.6) is 0 Å². The molecular formula is C23H26ClN5O3. The molecule has 1 aliphatic rings. The fourth-order valence-corrected chi connectivity index (χ4v) is 4.00. The van der Waals surface area contributed by atoms with E-state index in [0.29, 0.717) is 38.3 Å². The Balaban J connectivity index is 0.00000289. The van der Waals surface area contributed by atoms with Gasteiger partial charge in [0, 0.05) is 66.7 Å². The van der Waals surface area contributed by atoms with E-state index in [0.717, 1.165) is 34.1 Å². The van der Waals surface area contributed by atoms with Gasteiger partial charge in [-0.05, 0) is 48.4 Å². The molecule has 0 atom stereocenters. The number of hydrogen-bond donors (Lipinski definition) is 2. The van der Waals surface area contributed by atoms with Crippen molar-refractivity contribution in [2.24, 2.45) is 5.73 Å². The number of nitrogens with one attached hydrogen (secondary N) is 1. The molecule has 4 rings (SSSR count). The largest absolute Gasteiger partial charge is 0.368 e. The number of piperazine rings is 1. The van der Waals surface area contributed by atoms with Crippen LogP contribution in [0, 0.1) is 10.1 Å². The monoisotopic (exact) mass is 455 g/mol. The van der Waals surface area contributed by atoms with E-state index in [1.807, 2.05) is 29.3 Å². The van der Waals surface area contributed by atoms with Gasteiger partial charge in [0.05, 0.1) is 4.92 Å². The van der Waals surface area contributed by atoms with Gasteiger partial charge in [-0.2, -0.15) is 0 Å². The Morgan fingerprint density at radius 1 is 1.12 bits per heavy atom. The number of fused-ring (bicyclic) bond motifs is 1. The molecule has 1 aromatic heterocycles. The number of H-pyrrole nitrogens is 1. The molecular weight excluding hydrogens is 430 g/mol. The molecule has 2 heterocycles. The number of hydrogen-bond acceptors (Lipinski definition) is 5. The molecule has 0 bridgehead atoms. The van der Waals surface area contributed by atoms with E-state index in [1.54, 1.807) is 12.1 Å². The number of nitro groups is 1. The van der Waals surface area contributed by atoms with Crippen molar-refractivity contribution in [3.8, 4) is 0 Å². The summed E-state index contributed by atoms with van der Waals surface area (Å²) in [6.07, 6.45) is 2.73. The highest BCUT2D eigenvalue weighted by Gasteiger charge is 2.24. The van der Waals surface area contributed by atoms with Crippen molar-refractivity contribution in [1.82, 2.24) is 9.88 Å². The zero-order chi connectivity index (χ0) is 22.0. The van der Waals surface area contributed by atoms with Crippen molar-refractivity contribution in [3.63, 3.8) is 0 Å². The number of amides is 1. The number of carbonyl (C=O) groups excluding carboxylic acids is 1. The first kappa shape index (κ1) is 23.3. The van der Waals surface area contributed by atoms with Crippen LogP contribution in [0.2, 0.25) is 0 Å². The molecule has 0 saturated carbocycles. The molecule has 1 aliphatic heterocycles. The second kappa shape index (κ2) is 9.84. The number of nitro benzene ring substituents is 1. The van der Waals surface area contributed by atoms with Gasteiger partial charge in [-0.15, -0.1) is 12.4 Å². The van der Waals surface area contributed by atoms with Crippen LogP contribution in [-0.4, -0.2) is 53.4 Å². The molecule has 0 radical (unpaired) electrons. The maximum absolute atomic E-state index is 13.1. The molecule has 168 valence electrons. The number of nitrogens with two attached hydrogens (primary N) is 1. The molecule has 9 heteroatoms. The van der Waals surface area contributed by atoms with Gasteiger partial charge in [-0.25, -0.2) is 0 Å². The van der Waals surface area contributed by atoms with E-state index in [4.69, 9.17) is 5.73 Å². The van der Waals surface area contributed by atoms with Gasteiger partial charge in [-0.1, -0.05) is 12.6 Å². The zero-order valence-electron chi connectivity index (χ0n) is 17.6. The molecule has 8 nitrogen and oxygen atoms in total. The minimum Gasteiger partial charge on any atom is -0.368 e. The summed E-state index contributed by atoms with van der Waals surface area (Å²) in [6, 6.07) is 12.4. The molecule has 0 spiro atoms. The highest BCUT2D eigenvalue weighted by atomic mass is 35.5. The third kappa shape index (κ3) is 4.61. The second-order valence-electron chi connectivity index (χ2n) is 7.64. The van der Waals surface area contributed by atoms with Crippen LogP contribution in [-0.2, 0) is 11.2 Å².